The minimum absolute atomic E-state index is 0.399. The molecule has 0 radical (unpaired) electrons. The molecule has 1 aliphatic carbocycles. The number of hydrogen-bond acceptors (Lipinski definition) is 4. The molecule has 2 rings (SSSR count). The molecule has 0 saturated heterocycles. The highest BCUT2D eigenvalue weighted by molar-refractivity contribution is 5.61. The second-order valence-electron chi connectivity index (χ2n) is 5.40. The maximum absolute atomic E-state index is 5.69. The molecule has 1 aromatic rings. The second-order valence-corrected chi connectivity index (χ2v) is 5.40. The lowest BCUT2D eigenvalue weighted by Gasteiger charge is -2.33. The van der Waals surface area contributed by atoms with Crippen molar-refractivity contribution < 1.29 is 0 Å². The van der Waals surface area contributed by atoms with Gasteiger partial charge < -0.3 is 16.8 Å². The number of nitrogens with two attached hydrogens (primary N) is 2. The first-order valence-corrected chi connectivity index (χ1v) is 6.35. The molecule has 0 bridgehead atoms. The Hall–Kier alpha value is -1.45. The quantitative estimate of drug-likeness (QED) is 0.751. The largest absolute Gasteiger partial charge is 0.396 e. The SMILES string of the molecule is CC1(CNc2ccc(N)c(N)n2)CCCCC1. The van der Waals surface area contributed by atoms with Crippen molar-refractivity contribution in [2.24, 2.45) is 5.41 Å². The highest BCUT2D eigenvalue weighted by Gasteiger charge is 2.26. The molecule has 0 unspecified atom stereocenters. The normalized spacial score (nSPS) is 18.9. The molecule has 0 spiro atoms. The van der Waals surface area contributed by atoms with Crippen LogP contribution in [0.4, 0.5) is 17.3 Å². The number of rotatable bonds is 3. The van der Waals surface area contributed by atoms with Crippen LogP contribution in [0.3, 0.4) is 0 Å². The number of nitrogen functional groups attached to an aromatic ring is 2. The number of anilines is 3. The minimum Gasteiger partial charge on any atom is -0.396 e. The Morgan fingerprint density at radius 2 is 1.94 bits per heavy atom. The molecule has 1 saturated carbocycles. The van der Waals surface area contributed by atoms with Crippen LogP contribution in [0.5, 0.6) is 0 Å². The topological polar surface area (TPSA) is 77.0 Å². The van der Waals surface area contributed by atoms with Gasteiger partial charge in [-0.2, -0.15) is 0 Å². The van der Waals surface area contributed by atoms with Crippen molar-refractivity contribution >= 4 is 17.3 Å². The predicted octanol–water partition coefficient (Wildman–Crippen LogP) is 2.63. The van der Waals surface area contributed by atoms with E-state index < -0.39 is 0 Å². The zero-order chi connectivity index (χ0) is 12.3. The molecule has 94 valence electrons. The Labute approximate surface area is 103 Å². The van der Waals surface area contributed by atoms with Gasteiger partial charge in [0.05, 0.1) is 5.69 Å². The Morgan fingerprint density at radius 3 is 2.59 bits per heavy atom. The summed E-state index contributed by atoms with van der Waals surface area (Å²) in [6.45, 7) is 3.31. The van der Waals surface area contributed by atoms with Gasteiger partial charge in [-0.3, -0.25) is 0 Å². The maximum Gasteiger partial charge on any atom is 0.149 e. The maximum atomic E-state index is 5.69. The van der Waals surface area contributed by atoms with E-state index in [1.54, 1.807) is 6.07 Å². The van der Waals surface area contributed by atoms with E-state index in [1.807, 2.05) is 6.07 Å². The highest BCUT2D eigenvalue weighted by Crippen LogP contribution is 2.35. The average Bonchev–Trinajstić information content (AvgIpc) is 2.32. The predicted molar refractivity (Wildman–Crippen MR) is 72.7 cm³/mol. The van der Waals surface area contributed by atoms with Gasteiger partial charge in [0.1, 0.15) is 11.6 Å². The first-order valence-electron chi connectivity index (χ1n) is 6.35. The first-order chi connectivity index (χ1) is 8.09. The third-order valence-electron chi connectivity index (χ3n) is 3.71. The van der Waals surface area contributed by atoms with E-state index in [-0.39, 0.29) is 0 Å². The van der Waals surface area contributed by atoms with Gasteiger partial charge in [-0.05, 0) is 30.4 Å². The van der Waals surface area contributed by atoms with Crippen LogP contribution < -0.4 is 16.8 Å². The number of hydrogen-bond donors (Lipinski definition) is 3. The van der Waals surface area contributed by atoms with Crippen LogP contribution >= 0.6 is 0 Å². The molecule has 0 aliphatic heterocycles. The first kappa shape index (κ1) is 12.0. The van der Waals surface area contributed by atoms with Crippen molar-refractivity contribution in [1.82, 2.24) is 4.98 Å². The van der Waals surface area contributed by atoms with Crippen LogP contribution in [-0.4, -0.2) is 11.5 Å². The molecule has 17 heavy (non-hydrogen) atoms. The second kappa shape index (κ2) is 4.82. The van der Waals surface area contributed by atoms with Crippen molar-refractivity contribution in [2.75, 3.05) is 23.3 Å². The van der Waals surface area contributed by atoms with Crippen LogP contribution in [0.15, 0.2) is 12.1 Å². The van der Waals surface area contributed by atoms with E-state index in [9.17, 15) is 0 Å². The molecular weight excluding hydrogens is 212 g/mol. The zero-order valence-electron chi connectivity index (χ0n) is 10.5. The number of aromatic nitrogens is 1. The number of pyridine rings is 1. The van der Waals surface area contributed by atoms with E-state index in [2.05, 4.69) is 17.2 Å². The van der Waals surface area contributed by atoms with Gasteiger partial charge in [0.15, 0.2) is 0 Å². The lowest BCUT2D eigenvalue weighted by atomic mass is 9.76. The molecule has 5 N–H and O–H groups in total. The molecule has 1 aliphatic rings. The Bertz CT molecular complexity index is 383. The van der Waals surface area contributed by atoms with Crippen molar-refractivity contribution in [1.29, 1.82) is 0 Å². The molecule has 1 fully saturated rings. The van der Waals surface area contributed by atoms with Crippen molar-refractivity contribution in [3.63, 3.8) is 0 Å². The summed E-state index contributed by atoms with van der Waals surface area (Å²) in [4.78, 5) is 4.23. The monoisotopic (exact) mass is 234 g/mol. The van der Waals surface area contributed by atoms with Crippen LogP contribution in [0.2, 0.25) is 0 Å². The summed E-state index contributed by atoms with van der Waals surface area (Å²) >= 11 is 0. The molecule has 4 nitrogen and oxygen atoms in total. The zero-order valence-corrected chi connectivity index (χ0v) is 10.5. The van der Waals surface area contributed by atoms with E-state index in [1.165, 1.54) is 32.1 Å². The Balaban J connectivity index is 1.94. The Morgan fingerprint density at radius 1 is 1.24 bits per heavy atom. The molecular formula is C13H22N4. The molecule has 1 heterocycles. The van der Waals surface area contributed by atoms with Crippen LogP contribution in [0, 0.1) is 5.41 Å². The van der Waals surface area contributed by atoms with Gasteiger partial charge >= 0.3 is 0 Å². The average molecular weight is 234 g/mol. The summed E-state index contributed by atoms with van der Waals surface area (Å²) < 4.78 is 0. The fourth-order valence-corrected chi connectivity index (χ4v) is 2.47. The summed E-state index contributed by atoms with van der Waals surface area (Å²) in [6, 6.07) is 3.69. The lowest BCUT2D eigenvalue weighted by molar-refractivity contribution is 0.233. The fourth-order valence-electron chi connectivity index (χ4n) is 2.47. The lowest BCUT2D eigenvalue weighted by Crippen LogP contribution is -2.29. The highest BCUT2D eigenvalue weighted by atomic mass is 15.0. The molecule has 1 aromatic heterocycles. The fraction of sp³-hybridized carbons (Fsp3) is 0.615. The van der Waals surface area contributed by atoms with E-state index in [4.69, 9.17) is 11.5 Å². The third kappa shape index (κ3) is 3.02. The van der Waals surface area contributed by atoms with Gasteiger partial charge in [-0.25, -0.2) is 4.98 Å². The molecule has 0 atom stereocenters. The standard InChI is InChI=1S/C13H22N4/c1-13(7-3-2-4-8-13)9-16-11-6-5-10(14)12(15)17-11/h5-6H,2-4,7-9,14H2,1H3,(H3,15,16,17). The summed E-state index contributed by atoms with van der Waals surface area (Å²) in [7, 11) is 0. The summed E-state index contributed by atoms with van der Waals surface area (Å²) in [5, 5.41) is 3.38. The molecule has 4 heteroatoms. The van der Waals surface area contributed by atoms with Gasteiger partial charge in [0.2, 0.25) is 0 Å². The Kier molecular flexibility index (Phi) is 3.41. The summed E-state index contributed by atoms with van der Waals surface area (Å²) in [5.74, 6) is 1.23. The van der Waals surface area contributed by atoms with E-state index in [0.29, 0.717) is 16.9 Å². The molecule has 0 amide bonds. The van der Waals surface area contributed by atoms with Crippen LogP contribution in [0.25, 0.3) is 0 Å². The van der Waals surface area contributed by atoms with Gasteiger partial charge in [-0.1, -0.05) is 26.2 Å². The number of nitrogens with zero attached hydrogens (tertiary/aromatic N) is 1. The van der Waals surface area contributed by atoms with Crippen molar-refractivity contribution in [3.8, 4) is 0 Å². The minimum atomic E-state index is 0.399. The summed E-state index contributed by atoms with van der Waals surface area (Å²) in [6.07, 6.45) is 6.66. The van der Waals surface area contributed by atoms with Crippen molar-refractivity contribution in [3.05, 3.63) is 12.1 Å². The molecule has 0 aromatic carbocycles. The van der Waals surface area contributed by atoms with Crippen LogP contribution in [0.1, 0.15) is 39.0 Å². The van der Waals surface area contributed by atoms with Gasteiger partial charge in [0.25, 0.3) is 0 Å². The van der Waals surface area contributed by atoms with Gasteiger partial charge in [-0.15, -0.1) is 0 Å². The van der Waals surface area contributed by atoms with E-state index >= 15 is 0 Å². The smallest absolute Gasteiger partial charge is 0.149 e. The van der Waals surface area contributed by atoms with Crippen molar-refractivity contribution in [2.45, 2.75) is 39.0 Å². The van der Waals surface area contributed by atoms with Crippen LogP contribution in [-0.2, 0) is 0 Å². The van der Waals surface area contributed by atoms with Gasteiger partial charge in [0, 0.05) is 6.54 Å². The van der Waals surface area contributed by atoms with E-state index in [0.717, 1.165) is 12.4 Å². The number of nitrogens with one attached hydrogen (secondary N) is 1. The summed E-state index contributed by atoms with van der Waals surface area (Å²) in [5.41, 5.74) is 12.3. The third-order valence-corrected chi connectivity index (χ3v) is 3.71.